The molecule has 1 aromatic carbocycles. The number of fused-ring (bicyclic) bond motifs is 1. The Hall–Kier alpha value is -1.33. The van der Waals surface area contributed by atoms with Crippen LogP contribution >= 0.6 is 34.8 Å². The summed E-state index contributed by atoms with van der Waals surface area (Å²) in [6.07, 6.45) is 4.50. The normalized spacial score (nSPS) is 20.6. The monoisotopic (exact) mass is 408 g/mol. The minimum Gasteiger partial charge on any atom is -0.340 e. The number of imidazole rings is 1. The van der Waals surface area contributed by atoms with Crippen molar-refractivity contribution >= 4 is 46.0 Å². The minimum atomic E-state index is 0.398. The minimum absolute atomic E-state index is 0.398. The van der Waals surface area contributed by atoms with Crippen LogP contribution in [0, 0.1) is 0 Å². The molecule has 0 bridgehead atoms. The average Bonchev–Trinajstić information content (AvgIpc) is 3.04. The van der Waals surface area contributed by atoms with Gasteiger partial charge in [-0.1, -0.05) is 47.3 Å². The Morgan fingerprint density at radius 2 is 1.96 bits per heavy atom. The summed E-state index contributed by atoms with van der Waals surface area (Å²) in [5.41, 5.74) is 2.70. The molecule has 1 saturated carbocycles. The van der Waals surface area contributed by atoms with Gasteiger partial charge in [0.05, 0.1) is 5.52 Å². The lowest BCUT2D eigenvalue weighted by molar-refractivity contribution is 0.332. The molecule has 0 saturated heterocycles. The summed E-state index contributed by atoms with van der Waals surface area (Å²) in [4.78, 5) is 12.4. The summed E-state index contributed by atoms with van der Waals surface area (Å²) < 4.78 is 0. The predicted molar refractivity (Wildman–Crippen MR) is 107 cm³/mol. The number of hydrogen-bond acceptors (Lipinski definition) is 3. The lowest BCUT2D eigenvalue weighted by Crippen LogP contribution is -2.33. The molecule has 3 aromatic rings. The van der Waals surface area contributed by atoms with Crippen molar-refractivity contribution in [2.24, 2.45) is 0 Å². The van der Waals surface area contributed by atoms with Gasteiger partial charge in [0.15, 0.2) is 5.65 Å². The highest BCUT2D eigenvalue weighted by atomic mass is 35.5. The Bertz CT molecular complexity index is 924. The maximum atomic E-state index is 6.27. The Morgan fingerprint density at radius 1 is 1.08 bits per heavy atom. The zero-order valence-electron chi connectivity index (χ0n) is 14.1. The van der Waals surface area contributed by atoms with Crippen molar-refractivity contribution in [1.29, 1.82) is 0 Å². The molecule has 0 amide bonds. The van der Waals surface area contributed by atoms with Gasteiger partial charge in [0.25, 0.3) is 0 Å². The van der Waals surface area contributed by atoms with E-state index < -0.39 is 0 Å². The van der Waals surface area contributed by atoms with Crippen molar-refractivity contribution in [3.05, 3.63) is 56.9 Å². The standard InChI is InChI=1S/C19H19Cl3N4/c20-13-5-4-12(15(21)9-13)10-23-14-3-1-2-11(8-14)18-24-16-6-7-17(22)25-19(16)26-18/h4-7,9,11,14,23H,1-3,8,10H2,(H,24,25,26). The topological polar surface area (TPSA) is 53.6 Å². The molecule has 26 heavy (non-hydrogen) atoms. The lowest BCUT2D eigenvalue weighted by Gasteiger charge is -2.29. The number of nitrogens with one attached hydrogen (secondary N) is 2. The van der Waals surface area contributed by atoms with Gasteiger partial charge >= 0.3 is 0 Å². The molecule has 136 valence electrons. The second-order valence-electron chi connectivity index (χ2n) is 6.80. The first-order valence-corrected chi connectivity index (χ1v) is 9.91. The number of pyridine rings is 1. The first kappa shape index (κ1) is 18.1. The third-order valence-corrected chi connectivity index (χ3v) is 5.78. The fraction of sp³-hybridized carbons (Fsp3) is 0.368. The third-order valence-electron chi connectivity index (χ3n) is 4.99. The highest BCUT2D eigenvalue weighted by molar-refractivity contribution is 6.35. The van der Waals surface area contributed by atoms with Crippen LogP contribution in [0.5, 0.6) is 0 Å². The van der Waals surface area contributed by atoms with E-state index in [-0.39, 0.29) is 0 Å². The van der Waals surface area contributed by atoms with Gasteiger partial charge in [-0.15, -0.1) is 0 Å². The van der Waals surface area contributed by atoms with Crippen LogP contribution in [0.2, 0.25) is 15.2 Å². The van der Waals surface area contributed by atoms with E-state index in [1.165, 1.54) is 6.42 Å². The number of benzene rings is 1. The van der Waals surface area contributed by atoms with Gasteiger partial charge < -0.3 is 10.3 Å². The van der Waals surface area contributed by atoms with Gasteiger partial charge in [0.1, 0.15) is 11.0 Å². The van der Waals surface area contributed by atoms with Gasteiger partial charge in [-0.25, -0.2) is 9.97 Å². The van der Waals surface area contributed by atoms with Crippen molar-refractivity contribution < 1.29 is 0 Å². The quantitative estimate of drug-likeness (QED) is 0.541. The van der Waals surface area contributed by atoms with E-state index in [9.17, 15) is 0 Å². The molecule has 2 N–H and O–H groups in total. The molecular formula is C19H19Cl3N4. The molecule has 1 fully saturated rings. The van der Waals surface area contributed by atoms with Crippen molar-refractivity contribution in [2.75, 3.05) is 0 Å². The van der Waals surface area contributed by atoms with E-state index in [0.717, 1.165) is 42.7 Å². The number of aromatic amines is 1. The van der Waals surface area contributed by atoms with Crippen LogP contribution in [0.25, 0.3) is 11.2 Å². The van der Waals surface area contributed by atoms with E-state index in [1.807, 2.05) is 18.2 Å². The Labute approximate surface area is 167 Å². The Balaban J connectivity index is 1.43. The zero-order chi connectivity index (χ0) is 18.1. The number of nitrogens with zero attached hydrogens (tertiary/aromatic N) is 2. The molecule has 0 radical (unpaired) electrons. The maximum absolute atomic E-state index is 6.27. The summed E-state index contributed by atoms with van der Waals surface area (Å²) in [6, 6.07) is 9.80. The van der Waals surface area contributed by atoms with Crippen LogP contribution in [0.3, 0.4) is 0 Å². The summed E-state index contributed by atoms with van der Waals surface area (Å²) in [5.74, 6) is 1.40. The van der Waals surface area contributed by atoms with Crippen LogP contribution in [0.15, 0.2) is 30.3 Å². The van der Waals surface area contributed by atoms with Crippen LogP contribution in [0.1, 0.15) is 43.0 Å². The fourth-order valence-electron chi connectivity index (χ4n) is 3.62. The van der Waals surface area contributed by atoms with Gasteiger partial charge in [-0.05, 0) is 49.1 Å². The van der Waals surface area contributed by atoms with E-state index in [2.05, 4.69) is 20.3 Å². The lowest BCUT2D eigenvalue weighted by atomic mass is 9.85. The second-order valence-corrected chi connectivity index (χ2v) is 8.04. The largest absolute Gasteiger partial charge is 0.340 e. The molecule has 7 heteroatoms. The van der Waals surface area contributed by atoms with Gasteiger partial charge in [-0.2, -0.15) is 0 Å². The maximum Gasteiger partial charge on any atom is 0.179 e. The molecule has 2 atom stereocenters. The first-order valence-electron chi connectivity index (χ1n) is 8.78. The van der Waals surface area contributed by atoms with Crippen LogP contribution in [0.4, 0.5) is 0 Å². The fourth-order valence-corrected chi connectivity index (χ4v) is 4.24. The summed E-state index contributed by atoms with van der Waals surface area (Å²) >= 11 is 18.2. The second kappa shape index (κ2) is 7.73. The Kier molecular flexibility index (Phi) is 5.37. The molecule has 4 rings (SSSR count). The van der Waals surface area contributed by atoms with E-state index >= 15 is 0 Å². The highest BCUT2D eigenvalue weighted by Crippen LogP contribution is 2.33. The number of aromatic nitrogens is 3. The van der Waals surface area contributed by atoms with Crippen molar-refractivity contribution in [3.63, 3.8) is 0 Å². The van der Waals surface area contributed by atoms with E-state index in [0.29, 0.717) is 32.8 Å². The molecule has 2 aromatic heterocycles. The van der Waals surface area contributed by atoms with Crippen molar-refractivity contribution in [2.45, 2.75) is 44.2 Å². The zero-order valence-corrected chi connectivity index (χ0v) is 16.4. The average molecular weight is 410 g/mol. The summed E-state index contributed by atoms with van der Waals surface area (Å²) in [7, 11) is 0. The highest BCUT2D eigenvalue weighted by Gasteiger charge is 2.25. The molecule has 2 heterocycles. The summed E-state index contributed by atoms with van der Waals surface area (Å²) in [5, 5.41) is 5.47. The van der Waals surface area contributed by atoms with Crippen LogP contribution < -0.4 is 5.32 Å². The summed E-state index contributed by atoms with van der Waals surface area (Å²) in [6.45, 7) is 0.741. The Morgan fingerprint density at radius 3 is 2.81 bits per heavy atom. The molecule has 0 spiro atoms. The molecule has 1 aliphatic carbocycles. The molecular weight excluding hydrogens is 391 g/mol. The van der Waals surface area contributed by atoms with Crippen molar-refractivity contribution in [1.82, 2.24) is 20.3 Å². The van der Waals surface area contributed by atoms with Crippen LogP contribution in [-0.2, 0) is 6.54 Å². The van der Waals surface area contributed by atoms with E-state index in [4.69, 9.17) is 34.8 Å². The molecule has 0 aliphatic heterocycles. The molecule has 4 nitrogen and oxygen atoms in total. The number of rotatable bonds is 4. The van der Waals surface area contributed by atoms with Gasteiger partial charge in [0.2, 0.25) is 0 Å². The molecule has 1 aliphatic rings. The van der Waals surface area contributed by atoms with Gasteiger partial charge in [0, 0.05) is 28.5 Å². The number of hydrogen-bond donors (Lipinski definition) is 2. The van der Waals surface area contributed by atoms with Crippen molar-refractivity contribution in [3.8, 4) is 0 Å². The number of H-pyrrole nitrogens is 1. The number of halogens is 3. The SMILES string of the molecule is Clc1ccc(CNC2CCCC(c3nc4nc(Cl)ccc4[nH]3)C2)c(Cl)c1. The molecule has 2 unspecified atom stereocenters. The van der Waals surface area contributed by atoms with Crippen LogP contribution in [-0.4, -0.2) is 21.0 Å². The smallest absolute Gasteiger partial charge is 0.179 e. The van der Waals surface area contributed by atoms with E-state index in [1.54, 1.807) is 12.1 Å². The first-order chi connectivity index (χ1) is 12.6. The predicted octanol–water partition coefficient (Wildman–Crippen LogP) is 5.73. The van der Waals surface area contributed by atoms with Gasteiger partial charge in [-0.3, -0.25) is 0 Å². The third kappa shape index (κ3) is 3.99.